The third kappa shape index (κ3) is 6.02. The van der Waals surface area contributed by atoms with Crippen LogP contribution in [-0.2, 0) is 9.53 Å². The third-order valence-corrected chi connectivity index (χ3v) is 5.52. The number of benzene rings is 3. The molecule has 0 N–H and O–H groups in total. The lowest BCUT2D eigenvalue weighted by Gasteiger charge is -2.15. The fourth-order valence-electron chi connectivity index (χ4n) is 3.38. The van der Waals surface area contributed by atoms with Crippen molar-refractivity contribution in [3.63, 3.8) is 0 Å². The molecule has 0 saturated heterocycles. The number of halogens is 1. The molecule has 35 heavy (non-hydrogen) atoms. The van der Waals surface area contributed by atoms with Gasteiger partial charge in [0.1, 0.15) is 13.2 Å². The second-order valence-electron chi connectivity index (χ2n) is 7.31. The molecular weight excluding hydrogens is 514 g/mol. The molecule has 1 heterocycles. The molecule has 4 rings (SSSR count). The maximum Gasteiger partial charge on any atom is 0.363 e. The summed E-state index contributed by atoms with van der Waals surface area (Å²) in [4.78, 5) is 16.7. The first-order valence-corrected chi connectivity index (χ1v) is 11.8. The standard InChI is InChI=1S/C27H24BrNO6/c1-3-32-24-17-18(16-21-27(30)35-26(29-21)19-9-5-4-6-10-19)15-20(28)25(24)34-14-13-33-23-12-8-7-11-22(23)31-2/h4-12,15-17H,3,13-14H2,1-2H3/b21-16-. The van der Waals surface area contributed by atoms with Crippen LogP contribution in [0.4, 0.5) is 0 Å². The summed E-state index contributed by atoms with van der Waals surface area (Å²) < 4.78 is 28.8. The number of methoxy groups -OCH3 is 1. The van der Waals surface area contributed by atoms with Gasteiger partial charge in [-0.1, -0.05) is 30.3 Å². The second-order valence-corrected chi connectivity index (χ2v) is 8.17. The molecule has 0 bridgehead atoms. The highest BCUT2D eigenvalue weighted by molar-refractivity contribution is 9.10. The van der Waals surface area contributed by atoms with Crippen LogP contribution in [0, 0.1) is 0 Å². The zero-order valence-corrected chi connectivity index (χ0v) is 20.9. The second kappa shape index (κ2) is 11.6. The Morgan fingerprint density at radius 2 is 1.63 bits per heavy atom. The summed E-state index contributed by atoms with van der Waals surface area (Å²) in [6.07, 6.45) is 1.65. The lowest BCUT2D eigenvalue weighted by Crippen LogP contribution is -2.11. The Hall–Kier alpha value is -3.78. The van der Waals surface area contributed by atoms with Gasteiger partial charge in [-0.2, -0.15) is 0 Å². The number of carbonyl (C=O) groups excluding carboxylic acids is 1. The Kier molecular flexibility index (Phi) is 8.05. The zero-order chi connectivity index (χ0) is 24.6. The maximum atomic E-state index is 12.4. The van der Waals surface area contributed by atoms with Gasteiger partial charge >= 0.3 is 5.97 Å². The average Bonchev–Trinajstić information content (AvgIpc) is 3.24. The molecule has 0 amide bonds. The molecule has 0 radical (unpaired) electrons. The van der Waals surface area contributed by atoms with E-state index in [-0.39, 0.29) is 18.2 Å². The van der Waals surface area contributed by atoms with Crippen molar-refractivity contribution in [3.05, 3.63) is 88.0 Å². The summed E-state index contributed by atoms with van der Waals surface area (Å²) >= 11 is 3.55. The van der Waals surface area contributed by atoms with Gasteiger partial charge in [-0.05, 0) is 70.9 Å². The topological polar surface area (TPSA) is 75.6 Å². The summed E-state index contributed by atoms with van der Waals surface area (Å²) in [5, 5.41) is 0. The quantitative estimate of drug-likeness (QED) is 0.189. The van der Waals surface area contributed by atoms with E-state index >= 15 is 0 Å². The van der Waals surface area contributed by atoms with E-state index in [9.17, 15) is 4.79 Å². The molecule has 0 atom stereocenters. The SMILES string of the molecule is CCOc1cc(/C=C2\N=C(c3ccccc3)OC2=O)cc(Br)c1OCCOc1ccccc1OC. The number of cyclic esters (lactones) is 1. The summed E-state index contributed by atoms with van der Waals surface area (Å²) in [7, 11) is 1.60. The Morgan fingerprint density at radius 3 is 2.37 bits per heavy atom. The minimum Gasteiger partial charge on any atom is -0.493 e. The van der Waals surface area contributed by atoms with E-state index in [1.54, 1.807) is 19.3 Å². The van der Waals surface area contributed by atoms with E-state index in [2.05, 4.69) is 20.9 Å². The molecule has 1 aliphatic heterocycles. The van der Waals surface area contributed by atoms with E-state index in [1.807, 2.05) is 67.6 Å². The van der Waals surface area contributed by atoms with Crippen LogP contribution in [0.3, 0.4) is 0 Å². The van der Waals surface area contributed by atoms with Crippen LogP contribution >= 0.6 is 15.9 Å². The fourth-order valence-corrected chi connectivity index (χ4v) is 3.95. The van der Waals surface area contributed by atoms with Crippen molar-refractivity contribution < 1.29 is 28.5 Å². The lowest BCUT2D eigenvalue weighted by molar-refractivity contribution is -0.129. The Labute approximate surface area is 212 Å². The van der Waals surface area contributed by atoms with Crippen LogP contribution in [0.15, 0.2) is 81.9 Å². The first-order valence-electron chi connectivity index (χ1n) is 11.0. The summed E-state index contributed by atoms with van der Waals surface area (Å²) in [6, 6.07) is 20.3. The van der Waals surface area contributed by atoms with Crippen molar-refractivity contribution in [3.8, 4) is 23.0 Å². The number of hydrogen-bond donors (Lipinski definition) is 0. The number of rotatable bonds is 10. The molecule has 0 fully saturated rings. The number of para-hydroxylation sites is 2. The van der Waals surface area contributed by atoms with Gasteiger partial charge in [-0.3, -0.25) is 0 Å². The van der Waals surface area contributed by atoms with Crippen LogP contribution in [0.25, 0.3) is 6.08 Å². The first-order chi connectivity index (χ1) is 17.1. The van der Waals surface area contributed by atoms with Gasteiger partial charge in [0.25, 0.3) is 0 Å². The smallest absolute Gasteiger partial charge is 0.363 e. The molecule has 7 nitrogen and oxygen atoms in total. The van der Waals surface area contributed by atoms with Gasteiger partial charge in [0.15, 0.2) is 28.7 Å². The van der Waals surface area contributed by atoms with Gasteiger partial charge < -0.3 is 23.7 Å². The van der Waals surface area contributed by atoms with E-state index in [4.69, 9.17) is 23.7 Å². The van der Waals surface area contributed by atoms with Gasteiger partial charge in [-0.25, -0.2) is 9.79 Å². The summed E-state index contributed by atoms with van der Waals surface area (Å²) in [5.41, 5.74) is 1.65. The molecule has 3 aromatic rings. The van der Waals surface area contributed by atoms with Crippen molar-refractivity contribution in [2.45, 2.75) is 6.92 Å². The molecule has 0 spiro atoms. The molecule has 1 aliphatic rings. The highest BCUT2D eigenvalue weighted by Crippen LogP contribution is 2.38. The van der Waals surface area contributed by atoms with Crippen molar-refractivity contribution >= 4 is 33.9 Å². The van der Waals surface area contributed by atoms with Crippen molar-refractivity contribution in [2.75, 3.05) is 26.9 Å². The summed E-state index contributed by atoms with van der Waals surface area (Å²) in [6.45, 7) is 2.93. The number of carbonyl (C=O) groups is 1. The number of nitrogens with zero attached hydrogens (tertiary/aromatic N) is 1. The first kappa shape index (κ1) is 24.3. The van der Waals surface area contributed by atoms with Gasteiger partial charge in [0.05, 0.1) is 18.2 Å². The molecular formula is C27H24BrNO6. The van der Waals surface area contributed by atoms with Crippen molar-refractivity contribution in [2.24, 2.45) is 4.99 Å². The van der Waals surface area contributed by atoms with Crippen LogP contribution in [0.5, 0.6) is 23.0 Å². The number of hydrogen-bond acceptors (Lipinski definition) is 7. The monoisotopic (exact) mass is 537 g/mol. The Morgan fingerprint density at radius 1 is 0.914 bits per heavy atom. The van der Waals surface area contributed by atoms with Crippen molar-refractivity contribution in [1.82, 2.24) is 0 Å². The largest absolute Gasteiger partial charge is 0.493 e. The molecule has 0 saturated carbocycles. The van der Waals surface area contributed by atoms with E-state index in [0.717, 1.165) is 5.56 Å². The predicted molar refractivity (Wildman–Crippen MR) is 136 cm³/mol. The van der Waals surface area contributed by atoms with E-state index in [1.165, 1.54) is 0 Å². The predicted octanol–water partition coefficient (Wildman–Crippen LogP) is 5.66. The van der Waals surface area contributed by atoms with Crippen LogP contribution in [0.1, 0.15) is 18.1 Å². The molecule has 0 aliphatic carbocycles. The third-order valence-electron chi connectivity index (χ3n) is 4.93. The Balaban J connectivity index is 1.49. The fraction of sp³-hybridized carbons (Fsp3) is 0.185. The lowest BCUT2D eigenvalue weighted by atomic mass is 10.1. The number of esters is 1. The minimum atomic E-state index is -0.508. The van der Waals surface area contributed by atoms with Crippen molar-refractivity contribution in [1.29, 1.82) is 0 Å². The average molecular weight is 538 g/mol. The maximum absolute atomic E-state index is 12.4. The minimum absolute atomic E-state index is 0.206. The van der Waals surface area contributed by atoms with Gasteiger partial charge in [-0.15, -0.1) is 0 Å². The number of aliphatic imine (C=N–C) groups is 1. The summed E-state index contributed by atoms with van der Waals surface area (Å²) in [5.74, 6) is 2.14. The molecule has 8 heteroatoms. The van der Waals surface area contributed by atoms with E-state index < -0.39 is 5.97 Å². The van der Waals surface area contributed by atoms with Gasteiger partial charge in [0, 0.05) is 5.56 Å². The van der Waals surface area contributed by atoms with Crippen LogP contribution < -0.4 is 18.9 Å². The Bertz CT molecular complexity index is 1260. The van der Waals surface area contributed by atoms with Gasteiger partial charge in [0.2, 0.25) is 5.90 Å². The normalized spacial score (nSPS) is 13.9. The molecule has 0 aromatic heterocycles. The highest BCUT2D eigenvalue weighted by Gasteiger charge is 2.24. The number of ether oxygens (including phenoxy) is 5. The molecule has 3 aromatic carbocycles. The van der Waals surface area contributed by atoms with Crippen LogP contribution in [-0.4, -0.2) is 38.8 Å². The zero-order valence-electron chi connectivity index (χ0n) is 19.3. The highest BCUT2D eigenvalue weighted by atomic mass is 79.9. The molecule has 180 valence electrons. The van der Waals surface area contributed by atoms with E-state index in [0.29, 0.717) is 46.2 Å². The van der Waals surface area contributed by atoms with Crippen LogP contribution in [0.2, 0.25) is 0 Å². The molecule has 0 unspecified atom stereocenters.